The van der Waals surface area contributed by atoms with Crippen molar-refractivity contribution in [3.63, 3.8) is 0 Å². The summed E-state index contributed by atoms with van der Waals surface area (Å²) in [5.41, 5.74) is 2.69. The highest BCUT2D eigenvalue weighted by molar-refractivity contribution is 5.76. The summed E-state index contributed by atoms with van der Waals surface area (Å²) in [7, 11) is 3.21. The highest BCUT2D eigenvalue weighted by Crippen LogP contribution is 2.28. The van der Waals surface area contributed by atoms with Gasteiger partial charge in [0.1, 0.15) is 0 Å². The van der Waals surface area contributed by atoms with Gasteiger partial charge in [0, 0.05) is 19.5 Å². The zero-order valence-corrected chi connectivity index (χ0v) is 16.2. The van der Waals surface area contributed by atoms with Gasteiger partial charge in [-0.05, 0) is 48.2 Å². The van der Waals surface area contributed by atoms with E-state index >= 15 is 0 Å². The van der Waals surface area contributed by atoms with E-state index in [0.29, 0.717) is 43.0 Å². The van der Waals surface area contributed by atoms with Gasteiger partial charge in [0.05, 0.1) is 25.9 Å². The second-order valence-electron chi connectivity index (χ2n) is 6.31. The predicted molar refractivity (Wildman–Crippen MR) is 105 cm³/mol. The maximum atomic E-state index is 12.7. The molecule has 0 aliphatic heterocycles. The summed E-state index contributed by atoms with van der Waals surface area (Å²) >= 11 is 0. The van der Waals surface area contributed by atoms with Crippen LogP contribution in [0.5, 0.6) is 11.5 Å². The number of hydrogen-bond acceptors (Lipinski definition) is 4. The minimum atomic E-state index is 0.121. The predicted octanol–water partition coefficient (Wildman–Crippen LogP) is 3.95. The number of amides is 1. The molecule has 0 aliphatic rings. The molecule has 0 aromatic heterocycles. The number of nitrogens with zero attached hydrogens (tertiary/aromatic N) is 2. The lowest BCUT2D eigenvalue weighted by Crippen LogP contribution is -2.31. The lowest BCUT2D eigenvalue weighted by atomic mass is 10.1. The van der Waals surface area contributed by atoms with Gasteiger partial charge in [0.2, 0.25) is 5.91 Å². The largest absolute Gasteiger partial charge is 0.493 e. The third kappa shape index (κ3) is 5.75. The molecule has 2 aromatic carbocycles. The summed E-state index contributed by atoms with van der Waals surface area (Å²) in [4.78, 5) is 14.6. The lowest BCUT2D eigenvalue weighted by molar-refractivity contribution is -0.131. The molecule has 0 unspecified atom stereocenters. The highest BCUT2D eigenvalue weighted by atomic mass is 16.5. The number of methoxy groups -OCH3 is 2. The van der Waals surface area contributed by atoms with Crippen molar-refractivity contribution in [2.24, 2.45) is 0 Å². The van der Waals surface area contributed by atoms with Crippen LogP contribution in [0, 0.1) is 11.3 Å². The maximum Gasteiger partial charge on any atom is 0.223 e. The SMILES string of the molecule is CCCN(Cc1ccc(C#N)cc1)C(=O)CCc1ccc(OC)c(OC)c1. The average molecular weight is 366 g/mol. The fraction of sp³-hybridized carbons (Fsp3) is 0.364. The van der Waals surface area contributed by atoms with Crippen molar-refractivity contribution < 1.29 is 14.3 Å². The fourth-order valence-electron chi connectivity index (χ4n) is 2.91. The van der Waals surface area contributed by atoms with Crippen LogP contribution >= 0.6 is 0 Å². The summed E-state index contributed by atoms with van der Waals surface area (Å²) in [6.07, 6.45) is 1.98. The van der Waals surface area contributed by atoms with Gasteiger partial charge in [-0.15, -0.1) is 0 Å². The maximum absolute atomic E-state index is 12.7. The highest BCUT2D eigenvalue weighted by Gasteiger charge is 2.14. The second-order valence-corrected chi connectivity index (χ2v) is 6.31. The number of aryl methyl sites for hydroxylation is 1. The first-order valence-corrected chi connectivity index (χ1v) is 9.09. The van der Waals surface area contributed by atoms with Gasteiger partial charge in [-0.1, -0.05) is 25.1 Å². The van der Waals surface area contributed by atoms with Crippen molar-refractivity contribution in [3.8, 4) is 17.6 Å². The fourth-order valence-corrected chi connectivity index (χ4v) is 2.91. The first-order valence-electron chi connectivity index (χ1n) is 9.09. The van der Waals surface area contributed by atoms with Crippen LogP contribution in [-0.4, -0.2) is 31.6 Å². The van der Waals surface area contributed by atoms with Crippen LogP contribution in [0.4, 0.5) is 0 Å². The number of carbonyl (C=O) groups excluding carboxylic acids is 1. The molecule has 0 atom stereocenters. The van der Waals surface area contributed by atoms with E-state index < -0.39 is 0 Å². The van der Waals surface area contributed by atoms with Crippen LogP contribution in [0.25, 0.3) is 0 Å². The number of hydrogen-bond donors (Lipinski definition) is 0. The number of rotatable bonds is 9. The van der Waals surface area contributed by atoms with E-state index in [1.807, 2.05) is 35.2 Å². The molecule has 0 N–H and O–H groups in total. The summed E-state index contributed by atoms with van der Waals surface area (Å²) < 4.78 is 10.6. The van der Waals surface area contributed by atoms with Crippen molar-refractivity contribution in [2.75, 3.05) is 20.8 Å². The number of benzene rings is 2. The van der Waals surface area contributed by atoms with E-state index in [-0.39, 0.29) is 5.91 Å². The zero-order chi connectivity index (χ0) is 19.6. The van der Waals surface area contributed by atoms with Crippen LogP contribution in [0.2, 0.25) is 0 Å². The molecule has 0 saturated carbocycles. The van der Waals surface area contributed by atoms with E-state index in [1.54, 1.807) is 26.4 Å². The Bertz CT molecular complexity index is 794. The molecule has 0 saturated heterocycles. The van der Waals surface area contributed by atoms with Crippen LogP contribution in [0.15, 0.2) is 42.5 Å². The van der Waals surface area contributed by atoms with Gasteiger partial charge >= 0.3 is 0 Å². The van der Waals surface area contributed by atoms with Gasteiger partial charge in [-0.3, -0.25) is 4.79 Å². The first-order chi connectivity index (χ1) is 13.1. The molecular formula is C22H26N2O3. The van der Waals surface area contributed by atoms with Crippen molar-refractivity contribution in [1.82, 2.24) is 4.90 Å². The quantitative estimate of drug-likeness (QED) is 0.674. The topological polar surface area (TPSA) is 62.6 Å². The third-order valence-corrected chi connectivity index (χ3v) is 4.38. The number of nitriles is 1. The van der Waals surface area contributed by atoms with Gasteiger partial charge < -0.3 is 14.4 Å². The molecule has 1 amide bonds. The Morgan fingerprint density at radius 2 is 1.70 bits per heavy atom. The van der Waals surface area contributed by atoms with E-state index in [4.69, 9.17) is 14.7 Å². The van der Waals surface area contributed by atoms with Gasteiger partial charge in [0.15, 0.2) is 11.5 Å². The Labute approximate surface area is 161 Å². The van der Waals surface area contributed by atoms with Gasteiger partial charge in [-0.25, -0.2) is 0 Å². The van der Waals surface area contributed by atoms with E-state index in [9.17, 15) is 4.79 Å². The molecular weight excluding hydrogens is 340 g/mol. The Morgan fingerprint density at radius 3 is 2.30 bits per heavy atom. The van der Waals surface area contributed by atoms with Crippen molar-refractivity contribution in [3.05, 3.63) is 59.2 Å². The summed E-state index contributed by atoms with van der Waals surface area (Å²) in [5.74, 6) is 1.47. The zero-order valence-electron chi connectivity index (χ0n) is 16.2. The molecule has 0 aliphatic carbocycles. The number of carbonyl (C=O) groups is 1. The second kappa shape index (κ2) is 10.2. The molecule has 5 nitrogen and oxygen atoms in total. The van der Waals surface area contributed by atoms with Crippen LogP contribution in [0.1, 0.15) is 36.5 Å². The molecule has 27 heavy (non-hydrogen) atoms. The normalized spacial score (nSPS) is 10.1. The molecule has 142 valence electrons. The summed E-state index contributed by atoms with van der Waals surface area (Å²) in [6.45, 7) is 3.34. The summed E-state index contributed by atoms with van der Waals surface area (Å²) in [5, 5.41) is 8.90. The molecule has 2 rings (SSSR count). The van der Waals surface area contributed by atoms with E-state index in [0.717, 1.165) is 17.5 Å². The Balaban J connectivity index is 2.00. The smallest absolute Gasteiger partial charge is 0.223 e. The Morgan fingerprint density at radius 1 is 1.04 bits per heavy atom. The lowest BCUT2D eigenvalue weighted by Gasteiger charge is -2.22. The van der Waals surface area contributed by atoms with Crippen LogP contribution < -0.4 is 9.47 Å². The molecule has 0 heterocycles. The van der Waals surface area contributed by atoms with Crippen molar-refractivity contribution in [2.45, 2.75) is 32.7 Å². The molecule has 5 heteroatoms. The van der Waals surface area contributed by atoms with Crippen LogP contribution in [0.3, 0.4) is 0 Å². The minimum Gasteiger partial charge on any atom is -0.493 e. The Hall–Kier alpha value is -3.00. The van der Waals surface area contributed by atoms with Crippen molar-refractivity contribution >= 4 is 5.91 Å². The molecule has 0 fully saturated rings. The van der Waals surface area contributed by atoms with Crippen molar-refractivity contribution in [1.29, 1.82) is 5.26 Å². The standard InChI is InChI=1S/C22H26N2O3/c1-4-13-24(16-19-7-5-18(15-23)6-8-19)22(25)12-10-17-9-11-20(26-2)21(14-17)27-3/h5-9,11,14H,4,10,12-13,16H2,1-3H3. The third-order valence-electron chi connectivity index (χ3n) is 4.38. The molecule has 0 radical (unpaired) electrons. The van der Waals surface area contributed by atoms with Gasteiger partial charge in [0.25, 0.3) is 0 Å². The Kier molecular flexibility index (Phi) is 7.69. The monoisotopic (exact) mass is 366 g/mol. The average Bonchev–Trinajstić information content (AvgIpc) is 2.71. The minimum absolute atomic E-state index is 0.121. The van der Waals surface area contributed by atoms with E-state index in [2.05, 4.69) is 13.0 Å². The molecule has 0 spiro atoms. The summed E-state index contributed by atoms with van der Waals surface area (Å²) in [6, 6.07) is 15.2. The first kappa shape index (κ1) is 20.3. The van der Waals surface area contributed by atoms with E-state index in [1.165, 1.54) is 0 Å². The molecule has 2 aromatic rings. The number of ether oxygens (including phenoxy) is 2. The molecule has 0 bridgehead atoms. The van der Waals surface area contributed by atoms with Crippen LogP contribution in [-0.2, 0) is 17.8 Å². The van der Waals surface area contributed by atoms with Gasteiger partial charge in [-0.2, -0.15) is 5.26 Å².